The molecule has 1 aliphatic heterocycles. The summed E-state index contributed by atoms with van der Waals surface area (Å²) in [6.07, 6.45) is 7.46. The fourth-order valence-electron chi connectivity index (χ4n) is 2.21. The molecule has 1 aliphatic carbocycles. The quantitative estimate of drug-likeness (QED) is 0.705. The van der Waals surface area contributed by atoms with Crippen LogP contribution in [-0.4, -0.2) is 25.0 Å². The normalized spacial score (nSPS) is 27.3. The smallest absolute Gasteiger partial charge is 0.237 e. The lowest BCUT2D eigenvalue weighted by Crippen LogP contribution is -2.41. The van der Waals surface area contributed by atoms with Crippen LogP contribution < -0.4 is 10.6 Å². The molecule has 1 unspecified atom stereocenters. The average molecular weight is 196 g/mol. The van der Waals surface area contributed by atoms with Gasteiger partial charge in [0.15, 0.2) is 0 Å². The summed E-state index contributed by atoms with van der Waals surface area (Å²) >= 11 is 0. The molecule has 0 spiro atoms. The van der Waals surface area contributed by atoms with E-state index in [1.165, 1.54) is 25.7 Å². The molecule has 1 atom stereocenters. The Bertz CT molecular complexity index is 195. The molecule has 0 aromatic rings. The maximum atomic E-state index is 11.6. The van der Waals surface area contributed by atoms with Gasteiger partial charge in [0.05, 0.1) is 6.04 Å². The monoisotopic (exact) mass is 196 g/mol. The number of amides is 1. The van der Waals surface area contributed by atoms with Crippen LogP contribution in [0.2, 0.25) is 0 Å². The third-order valence-corrected chi connectivity index (χ3v) is 3.45. The molecule has 1 heterocycles. The fourth-order valence-corrected chi connectivity index (χ4v) is 2.21. The Labute approximate surface area is 85.6 Å². The van der Waals surface area contributed by atoms with E-state index in [0.717, 1.165) is 31.8 Å². The van der Waals surface area contributed by atoms with Crippen molar-refractivity contribution in [3.05, 3.63) is 0 Å². The molecule has 0 bridgehead atoms. The van der Waals surface area contributed by atoms with Gasteiger partial charge in [-0.05, 0) is 31.7 Å². The molecule has 3 nitrogen and oxygen atoms in total. The maximum Gasteiger partial charge on any atom is 0.237 e. The van der Waals surface area contributed by atoms with Gasteiger partial charge >= 0.3 is 0 Å². The summed E-state index contributed by atoms with van der Waals surface area (Å²) in [7, 11) is 0. The Morgan fingerprint density at radius 2 is 2.14 bits per heavy atom. The molecule has 2 N–H and O–H groups in total. The Kier molecular flexibility index (Phi) is 3.40. The summed E-state index contributed by atoms with van der Waals surface area (Å²) < 4.78 is 0. The summed E-state index contributed by atoms with van der Waals surface area (Å²) in [5, 5.41) is 6.23. The van der Waals surface area contributed by atoms with Crippen molar-refractivity contribution in [1.82, 2.24) is 10.6 Å². The summed E-state index contributed by atoms with van der Waals surface area (Å²) in [5.74, 6) is 1.11. The van der Waals surface area contributed by atoms with E-state index in [0.29, 0.717) is 0 Å². The number of hydrogen-bond donors (Lipinski definition) is 2. The number of carbonyl (C=O) groups is 1. The number of carbonyl (C=O) groups excluding carboxylic acids is 1. The number of rotatable bonds is 4. The van der Waals surface area contributed by atoms with Crippen LogP contribution >= 0.6 is 0 Å². The van der Waals surface area contributed by atoms with Gasteiger partial charge in [-0.3, -0.25) is 4.79 Å². The topological polar surface area (TPSA) is 41.1 Å². The van der Waals surface area contributed by atoms with Gasteiger partial charge in [0.2, 0.25) is 5.91 Å². The van der Waals surface area contributed by atoms with E-state index < -0.39 is 0 Å². The summed E-state index contributed by atoms with van der Waals surface area (Å²) in [6, 6.07) is 0.0939. The van der Waals surface area contributed by atoms with Crippen LogP contribution in [0.15, 0.2) is 0 Å². The lowest BCUT2D eigenvalue weighted by molar-refractivity contribution is -0.122. The highest BCUT2D eigenvalue weighted by atomic mass is 16.2. The van der Waals surface area contributed by atoms with E-state index in [4.69, 9.17) is 0 Å². The van der Waals surface area contributed by atoms with Gasteiger partial charge in [0.1, 0.15) is 0 Å². The Morgan fingerprint density at radius 1 is 1.29 bits per heavy atom. The molecular weight excluding hydrogens is 176 g/mol. The maximum absolute atomic E-state index is 11.6. The second-order valence-corrected chi connectivity index (χ2v) is 4.53. The zero-order chi connectivity index (χ0) is 9.80. The second-order valence-electron chi connectivity index (χ2n) is 4.53. The predicted octanol–water partition coefficient (Wildman–Crippen LogP) is 1.04. The third-order valence-electron chi connectivity index (χ3n) is 3.45. The Morgan fingerprint density at radius 3 is 2.71 bits per heavy atom. The van der Waals surface area contributed by atoms with Crippen molar-refractivity contribution >= 4 is 5.91 Å². The van der Waals surface area contributed by atoms with Crippen LogP contribution in [0.4, 0.5) is 0 Å². The van der Waals surface area contributed by atoms with Crippen LogP contribution in [0.3, 0.4) is 0 Å². The van der Waals surface area contributed by atoms with Crippen molar-refractivity contribution < 1.29 is 4.79 Å². The van der Waals surface area contributed by atoms with E-state index in [-0.39, 0.29) is 11.9 Å². The first kappa shape index (κ1) is 9.97. The number of hydrogen-bond acceptors (Lipinski definition) is 2. The first-order chi connectivity index (χ1) is 6.86. The van der Waals surface area contributed by atoms with Crippen LogP contribution in [0, 0.1) is 5.92 Å². The molecular formula is C11H20N2O. The Balaban J connectivity index is 1.57. The fraction of sp³-hybridized carbons (Fsp3) is 0.909. The molecule has 80 valence electrons. The van der Waals surface area contributed by atoms with Gasteiger partial charge in [-0.15, -0.1) is 0 Å². The van der Waals surface area contributed by atoms with Gasteiger partial charge in [0.25, 0.3) is 0 Å². The van der Waals surface area contributed by atoms with Crippen molar-refractivity contribution in [3.63, 3.8) is 0 Å². The SMILES string of the molecule is O=C(NCCC1CCC1)C1CCCN1. The molecule has 3 heteroatoms. The van der Waals surface area contributed by atoms with Gasteiger partial charge in [-0.2, -0.15) is 0 Å². The zero-order valence-electron chi connectivity index (χ0n) is 8.72. The second kappa shape index (κ2) is 4.78. The largest absolute Gasteiger partial charge is 0.355 e. The van der Waals surface area contributed by atoms with Crippen LogP contribution in [-0.2, 0) is 4.79 Å². The molecule has 1 amide bonds. The van der Waals surface area contributed by atoms with Crippen molar-refractivity contribution in [2.45, 2.75) is 44.6 Å². The predicted molar refractivity (Wildman–Crippen MR) is 56.0 cm³/mol. The van der Waals surface area contributed by atoms with E-state index >= 15 is 0 Å². The molecule has 0 aromatic heterocycles. The van der Waals surface area contributed by atoms with Gasteiger partial charge in [0, 0.05) is 6.54 Å². The minimum atomic E-state index is 0.0939. The van der Waals surface area contributed by atoms with E-state index in [9.17, 15) is 4.79 Å². The summed E-state index contributed by atoms with van der Waals surface area (Å²) in [5.41, 5.74) is 0. The van der Waals surface area contributed by atoms with Crippen molar-refractivity contribution in [2.24, 2.45) is 5.92 Å². The first-order valence-electron chi connectivity index (χ1n) is 5.87. The highest BCUT2D eigenvalue weighted by molar-refractivity contribution is 5.81. The van der Waals surface area contributed by atoms with Crippen LogP contribution in [0.25, 0.3) is 0 Å². The molecule has 1 saturated carbocycles. The number of nitrogens with one attached hydrogen (secondary N) is 2. The highest BCUT2D eigenvalue weighted by Crippen LogP contribution is 2.28. The summed E-state index contributed by atoms with van der Waals surface area (Å²) in [6.45, 7) is 1.88. The molecule has 0 aromatic carbocycles. The highest BCUT2D eigenvalue weighted by Gasteiger charge is 2.22. The minimum absolute atomic E-state index is 0.0939. The lowest BCUT2D eigenvalue weighted by atomic mass is 9.83. The van der Waals surface area contributed by atoms with Crippen molar-refractivity contribution in [1.29, 1.82) is 0 Å². The zero-order valence-corrected chi connectivity index (χ0v) is 8.72. The van der Waals surface area contributed by atoms with Gasteiger partial charge in [-0.1, -0.05) is 19.3 Å². The molecule has 14 heavy (non-hydrogen) atoms. The standard InChI is InChI=1S/C11H20N2O/c14-11(10-5-2-7-12-10)13-8-6-9-3-1-4-9/h9-10,12H,1-8H2,(H,13,14). The molecule has 2 rings (SSSR count). The average Bonchev–Trinajstić information content (AvgIpc) is 2.61. The third kappa shape index (κ3) is 2.47. The van der Waals surface area contributed by atoms with Crippen molar-refractivity contribution in [2.75, 3.05) is 13.1 Å². The first-order valence-corrected chi connectivity index (χ1v) is 5.87. The molecule has 0 radical (unpaired) electrons. The van der Waals surface area contributed by atoms with E-state index in [1.54, 1.807) is 0 Å². The molecule has 2 fully saturated rings. The van der Waals surface area contributed by atoms with Crippen LogP contribution in [0.1, 0.15) is 38.5 Å². The Hall–Kier alpha value is -0.570. The molecule has 1 saturated heterocycles. The van der Waals surface area contributed by atoms with Crippen molar-refractivity contribution in [3.8, 4) is 0 Å². The minimum Gasteiger partial charge on any atom is -0.355 e. The van der Waals surface area contributed by atoms with Gasteiger partial charge < -0.3 is 10.6 Å². The molecule has 2 aliphatic rings. The summed E-state index contributed by atoms with van der Waals surface area (Å²) in [4.78, 5) is 11.6. The van der Waals surface area contributed by atoms with Crippen LogP contribution in [0.5, 0.6) is 0 Å². The van der Waals surface area contributed by atoms with E-state index in [2.05, 4.69) is 10.6 Å². The van der Waals surface area contributed by atoms with E-state index in [1.807, 2.05) is 0 Å². The van der Waals surface area contributed by atoms with Gasteiger partial charge in [-0.25, -0.2) is 0 Å². The lowest BCUT2D eigenvalue weighted by Gasteiger charge is -2.25.